The molecule has 2 heterocycles. The van der Waals surface area contributed by atoms with Gasteiger partial charge in [-0.1, -0.05) is 24.6 Å². The lowest BCUT2D eigenvalue weighted by Crippen LogP contribution is -2.22. The van der Waals surface area contributed by atoms with Crippen LogP contribution in [0.3, 0.4) is 0 Å². The summed E-state index contributed by atoms with van der Waals surface area (Å²) in [6.07, 6.45) is 1.57. The van der Waals surface area contributed by atoms with Gasteiger partial charge in [-0.3, -0.25) is 0 Å². The normalized spacial score (nSPS) is 12.6. The van der Waals surface area contributed by atoms with Crippen molar-refractivity contribution < 1.29 is 0 Å². The number of anilines is 1. The van der Waals surface area contributed by atoms with Gasteiger partial charge in [-0.25, -0.2) is 4.98 Å². The van der Waals surface area contributed by atoms with Gasteiger partial charge >= 0.3 is 0 Å². The molecule has 3 N–H and O–H groups in total. The zero-order valence-corrected chi connectivity index (χ0v) is 11.1. The average molecular weight is 268 g/mol. The number of hydrogen-bond acceptors (Lipinski definition) is 4. The summed E-state index contributed by atoms with van der Waals surface area (Å²) in [6.45, 7) is 2.92. The molecule has 2 rings (SSSR count). The number of rotatable bonds is 4. The highest BCUT2D eigenvalue weighted by Crippen LogP contribution is 2.30. The van der Waals surface area contributed by atoms with E-state index in [2.05, 4.69) is 23.3 Å². The van der Waals surface area contributed by atoms with Crippen LogP contribution >= 0.6 is 22.9 Å². The van der Waals surface area contributed by atoms with E-state index in [1.165, 1.54) is 4.88 Å². The summed E-state index contributed by atoms with van der Waals surface area (Å²) < 4.78 is 0. The number of aromatic nitrogens is 1. The van der Waals surface area contributed by atoms with Gasteiger partial charge in [0.05, 0.1) is 11.1 Å². The van der Waals surface area contributed by atoms with Gasteiger partial charge in [0.25, 0.3) is 0 Å². The van der Waals surface area contributed by atoms with E-state index in [-0.39, 0.29) is 6.04 Å². The third kappa shape index (κ3) is 2.77. The Bertz CT molecular complexity index is 485. The minimum atomic E-state index is 0.0613. The van der Waals surface area contributed by atoms with Gasteiger partial charge < -0.3 is 11.1 Å². The Balaban J connectivity index is 2.42. The van der Waals surface area contributed by atoms with Gasteiger partial charge in [0.1, 0.15) is 5.82 Å². The van der Waals surface area contributed by atoms with Crippen LogP contribution in [0.1, 0.15) is 23.4 Å². The van der Waals surface area contributed by atoms with Gasteiger partial charge in [0, 0.05) is 16.6 Å². The molecule has 2 aromatic rings. The van der Waals surface area contributed by atoms with E-state index in [0.717, 1.165) is 12.1 Å². The van der Waals surface area contributed by atoms with Crippen molar-refractivity contribution in [2.45, 2.75) is 13.0 Å². The van der Waals surface area contributed by atoms with Crippen LogP contribution in [0.25, 0.3) is 0 Å². The van der Waals surface area contributed by atoms with Crippen LogP contribution in [0.2, 0.25) is 5.02 Å². The molecule has 2 aromatic heterocycles. The van der Waals surface area contributed by atoms with Crippen molar-refractivity contribution in [1.82, 2.24) is 10.3 Å². The molecule has 0 fully saturated rings. The maximum Gasteiger partial charge on any atom is 0.128 e. The lowest BCUT2D eigenvalue weighted by molar-refractivity contribution is 0.639. The summed E-state index contributed by atoms with van der Waals surface area (Å²) in [4.78, 5) is 5.31. The standard InChI is InChI=1S/C12H14ClN3S/c1-2-15-11(10-4-3-5-17-10)9-6-8(13)7-16-12(9)14/h3-7,11,15H,2H2,1H3,(H2,14,16). The van der Waals surface area contributed by atoms with Crippen molar-refractivity contribution >= 4 is 28.8 Å². The van der Waals surface area contributed by atoms with Gasteiger partial charge in [0.15, 0.2) is 0 Å². The van der Waals surface area contributed by atoms with Crippen LogP contribution in [0, 0.1) is 0 Å². The van der Waals surface area contributed by atoms with Crippen molar-refractivity contribution in [2.75, 3.05) is 12.3 Å². The first-order valence-corrected chi connectivity index (χ1v) is 6.65. The Morgan fingerprint density at radius 3 is 3.06 bits per heavy atom. The van der Waals surface area contributed by atoms with E-state index in [0.29, 0.717) is 10.8 Å². The van der Waals surface area contributed by atoms with E-state index >= 15 is 0 Å². The van der Waals surface area contributed by atoms with Crippen molar-refractivity contribution in [3.63, 3.8) is 0 Å². The molecular formula is C12H14ClN3S. The molecule has 90 valence electrons. The molecule has 0 saturated carbocycles. The van der Waals surface area contributed by atoms with Crippen molar-refractivity contribution in [1.29, 1.82) is 0 Å². The highest BCUT2D eigenvalue weighted by atomic mass is 35.5. The van der Waals surface area contributed by atoms with Crippen LogP contribution in [-0.2, 0) is 0 Å². The molecule has 3 nitrogen and oxygen atoms in total. The molecule has 0 aromatic carbocycles. The number of nitrogens with two attached hydrogens (primary N) is 1. The first-order chi connectivity index (χ1) is 8.22. The Hall–Kier alpha value is -1.10. The number of thiophene rings is 1. The molecule has 17 heavy (non-hydrogen) atoms. The molecule has 5 heteroatoms. The topological polar surface area (TPSA) is 50.9 Å². The second-order valence-electron chi connectivity index (χ2n) is 3.63. The fourth-order valence-electron chi connectivity index (χ4n) is 1.72. The molecule has 0 amide bonds. The molecule has 0 radical (unpaired) electrons. The third-order valence-electron chi connectivity index (χ3n) is 2.46. The van der Waals surface area contributed by atoms with Gasteiger partial charge in [0.2, 0.25) is 0 Å². The Kier molecular flexibility index (Phi) is 3.99. The number of hydrogen-bond donors (Lipinski definition) is 2. The van der Waals surface area contributed by atoms with Crippen LogP contribution < -0.4 is 11.1 Å². The van der Waals surface area contributed by atoms with Crippen LogP contribution in [-0.4, -0.2) is 11.5 Å². The molecule has 0 aliphatic carbocycles. The first-order valence-electron chi connectivity index (χ1n) is 5.40. The summed E-state index contributed by atoms with van der Waals surface area (Å²) in [5, 5.41) is 6.06. The molecule has 0 aliphatic heterocycles. The van der Waals surface area contributed by atoms with Gasteiger partial charge in [-0.15, -0.1) is 11.3 Å². The molecule has 1 atom stereocenters. The molecular weight excluding hydrogens is 254 g/mol. The van der Waals surface area contributed by atoms with E-state index in [9.17, 15) is 0 Å². The average Bonchev–Trinajstić information content (AvgIpc) is 2.83. The monoisotopic (exact) mass is 267 g/mol. The number of halogens is 1. The van der Waals surface area contributed by atoms with Crippen molar-refractivity contribution in [3.8, 4) is 0 Å². The van der Waals surface area contributed by atoms with Crippen LogP contribution in [0.4, 0.5) is 5.82 Å². The Morgan fingerprint density at radius 2 is 2.41 bits per heavy atom. The molecule has 0 spiro atoms. The molecule has 1 unspecified atom stereocenters. The van der Waals surface area contributed by atoms with Crippen LogP contribution in [0.15, 0.2) is 29.8 Å². The second kappa shape index (κ2) is 5.49. The minimum absolute atomic E-state index is 0.0613. The summed E-state index contributed by atoms with van der Waals surface area (Å²) in [7, 11) is 0. The Labute approximate surface area is 110 Å². The van der Waals surface area contributed by atoms with Crippen LogP contribution in [0.5, 0.6) is 0 Å². The van der Waals surface area contributed by atoms with E-state index < -0.39 is 0 Å². The highest BCUT2D eigenvalue weighted by molar-refractivity contribution is 7.10. The van der Waals surface area contributed by atoms with Gasteiger partial charge in [-0.2, -0.15) is 0 Å². The van der Waals surface area contributed by atoms with E-state index in [1.807, 2.05) is 17.5 Å². The highest BCUT2D eigenvalue weighted by Gasteiger charge is 2.17. The smallest absolute Gasteiger partial charge is 0.128 e. The maximum absolute atomic E-state index is 5.98. The summed E-state index contributed by atoms with van der Waals surface area (Å²) >= 11 is 7.67. The lowest BCUT2D eigenvalue weighted by Gasteiger charge is -2.18. The summed E-state index contributed by atoms with van der Waals surface area (Å²) in [5.41, 5.74) is 6.85. The quantitative estimate of drug-likeness (QED) is 0.895. The summed E-state index contributed by atoms with van der Waals surface area (Å²) in [6, 6.07) is 6.04. The predicted octanol–water partition coefficient (Wildman–Crippen LogP) is 3.08. The zero-order valence-electron chi connectivity index (χ0n) is 9.48. The van der Waals surface area contributed by atoms with Crippen molar-refractivity contribution in [2.24, 2.45) is 0 Å². The second-order valence-corrected chi connectivity index (χ2v) is 5.05. The summed E-state index contributed by atoms with van der Waals surface area (Å²) in [5.74, 6) is 0.522. The number of nitrogens with zero attached hydrogens (tertiary/aromatic N) is 1. The molecule has 0 bridgehead atoms. The van der Waals surface area contributed by atoms with E-state index in [4.69, 9.17) is 17.3 Å². The van der Waals surface area contributed by atoms with E-state index in [1.54, 1.807) is 17.5 Å². The third-order valence-corrected chi connectivity index (χ3v) is 3.61. The number of nitrogen functional groups attached to an aromatic ring is 1. The van der Waals surface area contributed by atoms with Gasteiger partial charge in [-0.05, 0) is 24.1 Å². The fraction of sp³-hybridized carbons (Fsp3) is 0.250. The lowest BCUT2D eigenvalue weighted by atomic mass is 10.1. The SMILES string of the molecule is CCNC(c1cccs1)c1cc(Cl)cnc1N. The zero-order chi connectivity index (χ0) is 12.3. The number of nitrogens with one attached hydrogen (secondary N) is 1. The molecule has 0 saturated heterocycles. The predicted molar refractivity (Wildman–Crippen MR) is 73.5 cm³/mol. The largest absolute Gasteiger partial charge is 0.383 e. The minimum Gasteiger partial charge on any atom is -0.383 e. The number of pyridine rings is 1. The Morgan fingerprint density at radius 1 is 1.59 bits per heavy atom. The van der Waals surface area contributed by atoms with Crippen molar-refractivity contribution in [3.05, 3.63) is 45.2 Å². The first kappa shape index (κ1) is 12.4. The maximum atomic E-state index is 5.98. The molecule has 0 aliphatic rings. The fourth-order valence-corrected chi connectivity index (χ4v) is 2.70.